The first kappa shape index (κ1) is 14.1. The first-order valence-electron chi connectivity index (χ1n) is 6.89. The second-order valence-electron chi connectivity index (χ2n) is 5.07. The summed E-state index contributed by atoms with van der Waals surface area (Å²) in [4.78, 5) is 13.0. The van der Waals surface area contributed by atoms with Gasteiger partial charge in [0, 0.05) is 10.6 Å². The molecule has 1 N–H and O–H groups in total. The van der Waals surface area contributed by atoms with Gasteiger partial charge in [0.05, 0.1) is 18.7 Å². The number of benzene rings is 1. The van der Waals surface area contributed by atoms with E-state index < -0.39 is 11.8 Å². The average molecular weight is 305 g/mol. The van der Waals surface area contributed by atoms with Crippen LogP contribution >= 0.6 is 11.3 Å². The molecule has 110 valence electrons. The molecule has 0 saturated heterocycles. The number of esters is 1. The Hall–Kier alpha value is -1.88. The number of hydrogen-bond donors (Lipinski definition) is 1. The lowest BCUT2D eigenvalue weighted by molar-refractivity contribution is 0.0595. The highest BCUT2D eigenvalue weighted by Gasteiger charge is 2.21. The molecule has 0 bridgehead atoms. The zero-order chi connectivity index (χ0) is 14.8. The lowest BCUT2D eigenvalue weighted by atomic mass is 9.94. The number of fused-ring (bicyclic) bond motifs is 1. The van der Waals surface area contributed by atoms with Crippen molar-refractivity contribution in [2.75, 3.05) is 12.4 Å². The van der Waals surface area contributed by atoms with Crippen LogP contribution in [0.15, 0.2) is 29.6 Å². The number of ether oxygens (including phenoxy) is 1. The van der Waals surface area contributed by atoms with Crippen molar-refractivity contribution in [3.05, 3.63) is 51.5 Å². The number of methoxy groups -OCH3 is 1. The van der Waals surface area contributed by atoms with Crippen LogP contribution < -0.4 is 5.32 Å². The molecule has 3 nitrogen and oxygen atoms in total. The van der Waals surface area contributed by atoms with Crippen molar-refractivity contribution < 1.29 is 13.9 Å². The lowest BCUT2D eigenvalue weighted by Gasteiger charge is -2.25. The number of anilines is 1. The van der Waals surface area contributed by atoms with E-state index in [1.54, 1.807) is 17.4 Å². The van der Waals surface area contributed by atoms with E-state index in [0.29, 0.717) is 0 Å². The van der Waals surface area contributed by atoms with Crippen molar-refractivity contribution in [3.63, 3.8) is 0 Å². The van der Waals surface area contributed by atoms with Gasteiger partial charge in [-0.1, -0.05) is 0 Å². The standard InChI is InChI=1S/C16H16FNO2S/c1-20-16(19)12-9-10(5-6-13(12)17)18-14-3-2-4-15-11(14)7-8-21-15/h5-9,14,18H,2-4H2,1H3. The largest absolute Gasteiger partial charge is 0.465 e. The number of nitrogens with one attached hydrogen (secondary N) is 1. The van der Waals surface area contributed by atoms with Gasteiger partial charge in [0.25, 0.3) is 0 Å². The summed E-state index contributed by atoms with van der Waals surface area (Å²) < 4.78 is 18.2. The molecule has 1 atom stereocenters. The topological polar surface area (TPSA) is 38.3 Å². The monoisotopic (exact) mass is 305 g/mol. The van der Waals surface area contributed by atoms with Crippen LogP contribution in [0.3, 0.4) is 0 Å². The van der Waals surface area contributed by atoms with Crippen molar-refractivity contribution in [2.45, 2.75) is 25.3 Å². The van der Waals surface area contributed by atoms with Crippen LogP contribution in [0, 0.1) is 5.82 Å². The Labute approximate surface area is 126 Å². The third-order valence-electron chi connectivity index (χ3n) is 3.76. The summed E-state index contributed by atoms with van der Waals surface area (Å²) in [6.45, 7) is 0. The summed E-state index contributed by atoms with van der Waals surface area (Å²) in [6.07, 6.45) is 3.30. The first-order valence-corrected chi connectivity index (χ1v) is 7.77. The molecular formula is C16H16FNO2S. The average Bonchev–Trinajstić information content (AvgIpc) is 2.98. The highest BCUT2D eigenvalue weighted by atomic mass is 32.1. The number of carbonyl (C=O) groups excluding carboxylic acids is 1. The van der Waals surface area contributed by atoms with Gasteiger partial charge in [-0.2, -0.15) is 0 Å². The van der Waals surface area contributed by atoms with E-state index in [0.717, 1.165) is 24.9 Å². The summed E-state index contributed by atoms with van der Waals surface area (Å²) >= 11 is 1.78. The van der Waals surface area contributed by atoms with Crippen LogP contribution in [0.25, 0.3) is 0 Å². The summed E-state index contributed by atoms with van der Waals surface area (Å²) in [7, 11) is 1.25. The number of carbonyl (C=O) groups is 1. The predicted molar refractivity (Wildman–Crippen MR) is 81.4 cm³/mol. The number of thiophene rings is 1. The molecule has 0 amide bonds. The molecule has 21 heavy (non-hydrogen) atoms. The van der Waals surface area contributed by atoms with Gasteiger partial charge in [0.1, 0.15) is 5.82 Å². The number of hydrogen-bond acceptors (Lipinski definition) is 4. The van der Waals surface area contributed by atoms with Crippen LogP contribution in [0.4, 0.5) is 10.1 Å². The van der Waals surface area contributed by atoms with Crippen molar-refractivity contribution in [2.24, 2.45) is 0 Å². The third-order valence-corrected chi connectivity index (χ3v) is 4.76. The Morgan fingerprint density at radius 1 is 1.43 bits per heavy atom. The summed E-state index contributed by atoms with van der Waals surface area (Å²) in [5, 5.41) is 5.51. The second kappa shape index (κ2) is 5.85. The van der Waals surface area contributed by atoms with E-state index >= 15 is 0 Å². The first-order chi connectivity index (χ1) is 10.2. The van der Waals surface area contributed by atoms with Crippen molar-refractivity contribution in [3.8, 4) is 0 Å². The molecule has 0 radical (unpaired) electrons. The number of halogens is 1. The fourth-order valence-electron chi connectivity index (χ4n) is 2.72. The summed E-state index contributed by atoms with van der Waals surface area (Å²) in [6, 6.07) is 6.83. The summed E-state index contributed by atoms with van der Waals surface area (Å²) in [5.41, 5.74) is 2.01. The van der Waals surface area contributed by atoms with Gasteiger partial charge in [-0.15, -0.1) is 11.3 Å². The third kappa shape index (κ3) is 2.78. The molecule has 1 aliphatic carbocycles. The molecule has 0 aliphatic heterocycles. The fraction of sp³-hybridized carbons (Fsp3) is 0.312. The number of aryl methyl sites for hydroxylation is 1. The maximum atomic E-state index is 13.6. The highest BCUT2D eigenvalue weighted by molar-refractivity contribution is 7.10. The van der Waals surface area contributed by atoms with Gasteiger partial charge in [-0.05, 0) is 54.5 Å². The molecule has 1 aliphatic rings. The van der Waals surface area contributed by atoms with E-state index in [9.17, 15) is 9.18 Å². The zero-order valence-corrected chi connectivity index (χ0v) is 12.5. The molecule has 1 heterocycles. The molecule has 5 heteroatoms. The van der Waals surface area contributed by atoms with Gasteiger partial charge in [-0.3, -0.25) is 0 Å². The van der Waals surface area contributed by atoms with E-state index in [4.69, 9.17) is 0 Å². The second-order valence-corrected chi connectivity index (χ2v) is 6.08. The normalized spacial score (nSPS) is 17.1. The molecule has 1 aromatic heterocycles. The molecule has 0 fully saturated rings. The Kier molecular flexibility index (Phi) is 3.92. The van der Waals surface area contributed by atoms with Gasteiger partial charge < -0.3 is 10.1 Å². The van der Waals surface area contributed by atoms with Crippen LogP contribution in [0.1, 0.15) is 39.7 Å². The SMILES string of the molecule is COC(=O)c1cc(NC2CCCc3sccc32)ccc1F. The van der Waals surface area contributed by atoms with Crippen molar-refractivity contribution in [1.29, 1.82) is 0 Å². The van der Waals surface area contributed by atoms with Crippen LogP contribution in [0.5, 0.6) is 0 Å². The number of rotatable bonds is 3. The van der Waals surface area contributed by atoms with E-state index in [-0.39, 0.29) is 11.6 Å². The Bertz CT molecular complexity index is 668. The minimum Gasteiger partial charge on any atom is -0.465 e. The maximum absolute atomic E-state index is 13.6. The van der Waals surface area contributed by atoms with Crippen LogP contribution in [-0.2, 0) is 11.2 Å². The predicted octanol–water partition coefficient (Wildman–Crippen LogP) is 4.16. The van der Waals surface area contributed by atoms with E-state index in [1.807, 2.05) is 0 Å². The van der Waals surface area contributed by atoms with Crippen molar-refractivity contribution in [1.82, 2.24) is 0 Å². The van der Waals surface area contributed by atoms with Gasteiger partial charge in [-0.25, -0.2) is 9.18 Å². The fourth-order valence-corrected chi connectivity index (χ4v) is 3.71. The smallest absolute Gasteiger partial charge is 0.340 e. The van der Waals surface area contributed by atoms with E-state index in [2.05, 4.69) is 21.5 Å². The zero-order valence-electron chi connectivity index (χ0n) is 11.7. The van der Waals surface area contributed by atoms with Crippen LogP contribution in [0.2, 0.25) is 0 Å². The van der Waals surface area contributed by atoms with Gasteiger partial charge >= 0.3 is 5.97 Å². The molecule has 0 spiro atoms. The maximum Gasteiger partial charge on any atom is 0.340 e. The Morgan fingerprint density at radius 2 is 2.29 bits per heavy atom. The quantitative estimate of drug-likeness (QED) is 0.865. The Balaban J connectivity index is 1.85. The summed E-state index contributed by atoms with van der Waals surface area (Å²) in [5.74, 6) is -1.22. The molecule has 1 aromatic carbocycles. The Morgan fingerprint density at radius 3 is 3.10 bits per heavy atom. The van der Waals surface area contributed by atoms with Crippen molar-refractivity contribution >= 4 is 23.0 Å². The lowest BCUT2D eigenvalue weighted by Crippen LogP contribution is -2.16. The minimum atomic E-state index is -0.656. The highest BCUT2D eigenvalue weighted by Crippen LogP contribution is 2.35. The van der Waals surface area contributed by atoms with Gasteiger partial charge in [0.2, 0.25) is 0 Å². The molecule has 1 unspecified atom stereocenters. The van der Waals surface area contributed by atoms with Gasteiger partial charge in [0.15, 0.2) is 0 Å². The molecule has 0 saturated carbocycles. The van der Waals surface area contributed by atoms with Crippen LogP contribution in [-0.4, -0.2) is 13.1 Å². The molecular weight excluding hydrogens is 289 g/mol. The minimum absolute atomic E-state index is 0.0381. The van der Waals surface area contributed by atoms with E-state index in [1.165, 1.54) is 29.7 Å². The molecule has 3 rings (SSSR count). The molecule has 2 aromatic rings.